The van der Waals surface area contributed by atoms with E-state index in [1.165, 1.54) is 50.9 Å². The number of fused-ring (bicyclic) bond motifs is 4. The number of amides is 1. The third kappa shape index (κ3) is 3.53. The predicted molar refractivity (Wildman–Crippen MR) is 118 cm³/mol. The molecule has 2 aliphatic rings. The number of carbonyl (C=O) groups is 1. The number of ether oxygens (including phenoxy) is 1. The molecule has 30 heavy (non-hydrogen) atoms. The van der Waals surface area contributed by atoms with Gasteiger partial charge in [-0.15, -0.1) is 0 Å². The minimum atomic E-state index is -0.825. The van der Waals surface area contributed by atoms with E-state index in [-0.39, 0.29) is 0 Å². The highest BCUT2D eigenvalue weighted by Gasteiger charge is 2.20. The topological polar surface area (TPSA) is 54.7 Å². The first-order chi connectivity index (χ1) is 14.7. The fourth-order valence-corrected chi connectivity index (χ4v) is 5.05. The molecule has 1 aliphatic heterocycles. The Kier molecular flexibility index (Phi) is 5.11. The van der Waals surface area contributed by atoms with Gasteiger partial charge in [-0.3, -0.25) is 0 Å². The summed E-state index contributed by atoms with van der Waals surface area (Å²) in [5.41, 5.74) is 6.63. The average Bonchev–Trinajstić information content (AvgIpc) is 3.04. The van der Waals surface area contributed by atoms with Gasteiger partial charge in [0.05, 0.1) is 12.1 Å². The van der Waals surface area contributed by atoms with Crippen molar-refractivity contribution in [3.63, 3.8) is 0 Å². The van der Waals surface area contributed by atoms with Crippen molar-refractivity contribution in [2.24, 2.45) is 0 Å². The van der Waals surface area contributed by atoms with Gasteiger partial charge in [-0.1, -0.05) is 24.3 Å². The molecule has 156 valence electrons. The summed E-state index contributed by atoms with van der Waals surface area (Å²) < 4.78 is 8.51. The van der Waals surface area contributed by atoms with E-state index in [4.69, 9.17) is 4.74 Å². The van der Waals surface area contributed by atoms with Gasteiger partial charge < -0.3 is 19.3 Å². The number of hydrogen-bond donors (Lipinski definition) is 1. The van der Waals surface area contributed by atoms with Crippen LogP contribution in [0, 0.1) is 0 Å². The minimum Gasteiger partial charge on any atom is -0.491 e. The molecule has 3 aromatic rings. The van der Waals surface area contributed by atoms with Crippen molar-refractivity contribution >= 4 is 17.0 Å². The highest BCUT2D eigenvalue weighted by atomic mass is 16.5. The number of benzene rings is 2. The molecule has 0 radical (unpaired) electrons. The van der Waals surface area contributed by atoms with Crippen molar-refractivity contribution in [2.45, 2.75) is 45.1 Å². The van der Waals surface area contributed by atoms with Gasteiger partial charge in [0.1, 0.15) is 12.4 Å². The summed E-state index contributed by atoms with van der Waals surface area (Å²) in [5.74, 6) is 1.04. The first-order valence-corrected chi connectivity index (χ1v) is 11.0. The summed E-state index contributed by atoms with van der Waals surface area (Å²) in [6.07, 6.45) is 7.64. The standard InChI is InChI=1S/C25H28N2O3/c28-25(29)27-14-10-19-8-9-20-11-13-26(24(20)22(19)12-15-27)16-17-30-23-7-3-5-18-4-1-2-6-21(18)23/h3,5,7-9,11,13H,1-2,4,6,10,12,14-17H2,(H,28,29). The lowest BCUT2D eigenvalue weighted by Gasteiger charge is -2.20. The van der Waals surface area contributed by atoms with Crippen LogP contribution in [0.5, 0.6) is 5.75 Å². The summed E-state index contributed by atoms with van der Waals surface area (Å²) in [4.78, 5) is 12.9. The van der Waals surface area contributed by atoms with E-state index in [0.29, 0.717) is 19.7 Å². The number of hydrogen-bond acceptors (Lipinski definition) is 2. The van der Waals surface area contributed by atoms with Gasteiger partial charge in [0, 0.05) is 19.3 Å². The van der Waals surface area contributed by atoms with Crippen molar-refractivity contribution in [3.05, 3.63) is 64.8 Å². The van der Waals surface area contributed by atoms with Crippen molar-refractivity contribution in [3.8, 4) is 5.75 Å². The van der Waals surface area contributed by atoms with E-state index >= 15 is 0 Å². The molecule has 1 amide bonds. The van der Waals surface area contributed by atoms with E-state index in [1.807, 2.05) is 0 Å². The van der Waals surface area contributed by atoms with Crippen LogP contribution in [0.25, 0.3) is 10.9 Å². The molecule has 5 heteroatoms. The normalized spacial score (nSPS) is 16.1. The molecule has 1 N–H and O–H groups in total. The molecule has 0 saturated heterocycles. The second-order valence-corrected chi connectivity index (χ2v) is 8.37. The summed E-state index contributed by atoms with van der Waals surface area (Å²) in [6, 6.07) is 12.9. The highest BCUT2D eigenvalue weighted by Crippen LogP contribution is 2.30. The average molecular weight is 405 g/mol. The van der Waals surface area contributed by atoms with Crippen LogP contribution in [0.15, 0.2) is 42.6 Å². The Balaban J connectivity index is 1.36. The van der Waals surface area contributed by atoms with Gasteiger partial charge in [-0.2, -0.15) is 0 Å². The molecule has 0 atom stereocenters. The van der Waals surface area contributed by atoms with Crippen molar-refractivity contribution in [1.82, 2.24) is 9.47 Å². The highest BCUT2D eigenvalue weighted by molar-refractivity contribution is 5.85. The molecule has 1 aliphatic carbocycles. The number of nitrogens with zero attached hydrogens (tertiary/aromatic N) is 2. The quantitative estimate of drug-likeness (QED) is 0.687. The third-order valence-corrected chi connectivity index (χ3v) is 6.63. The zero-order chi connectivity index (χ0) is 20.5. The maximum Gasteiger partial charge on any atom is 0.407 e. The van der Waals surface area contributed by atoms with Crippen LogP contribution in [-0.2, 0) is 32.2 Å². The van der Waals surface area contributed by atoms with Crippen molar-refractivity contribution in [2.75, 3.05) is 19.7 Å². The summed E-state index contributed by atoms with van der Waals surface area (Å²) >= 11 is 0. The van der Waals surface area contributed by atoms with Crippen LogP contribution in [0.3, 0.4) is 0 Å². The van der Waals surface area contributed by atoms with E-state index in [9.17, 15) is 9.90 Å². The Morgan fingerprint density at radius 2 is 1.77 bits per heavy atom. The summed E-state index contributed by atoms with van der Waals surface area (Å²) in [6.45, 7) is 2.54. The lowest BCUT2D eigenvalue weighted by Crippen LogP contribution is -2.31. The molecular weight excluding hydrogens is 376 g/mol. The first kappa shape index (κ1) is 19.0. The van der Waals surface area contributed by atoms with E-state index in [0.717, 1.165) is 38.0 Å². The number of aromatic nitrogens is 1. The van der Waals surface area contributed by atoms with Gasteiger partial charge in [0.2, 0.25) is 0 Å². The third-order valence-electron chi connectivity index (χ3n) is 6.63. The molecule has 5 rings (SSSR count). The lowest BCUT2D eigenvalue weighted by molar-refractivity contribution is 0.147. The second-order valence-electron chi connectivity index (χ2n) is 8.37. The number of carboxylic acid groups (broad SMARTS) is 1. The lowest BCUT2D eigenvalue weighted by atomic mass is 9.91. The zero-order valence-electron chi connectivity index (χ0n) is 17.3. The van der Waals surface area contributed by atoms with Crippen LogP contribution in [0.2, 0.25) is 0 Å². The molecule has 0 bridgehead atoms. The second kappa shape index (κ2) is 8.05. The molecule has 2 aromatic carbocycles. The van der Waals surface area contributed by atoms with Crippen LogP contribution in [-0.4, -0.2) is 40.4 Å². The van der Waals surface area contributed by atoms with Gasteiger partial charge in [-0.25, -0.2) is 4.79 Å². The van der Waals surface area contributed by atoms with Gasteiger partial charge in [-0.05, 0) is 78.3 Å². The Morgan fingerprint density at radius 3 is 2.67 bits per heavy atom. The van der Waals surface area contributed by atoms with Crippen LogP contribution in [0.4, 0.5) is 4.79 Å². The monoisotopic (exact) mass is 404 g/mol. The summed E-state index contributed by atoms with van der Waals surface area (Å²) in [7, 11) is 0. The molecule has 5 nitrogen and oxygen atoms in total. The minimum absolute atomic E-state index is 0.555. The van der Waals surface area contributed by atoms with E-state index < -0.39 is 6.09 Å². The molecular formula is C25H28N2O3. The Bertz CT molecular complexity index is 1090. The van der Waals surface area contributed by atoms with Crippen LogP contribution in [0.1, 0.15) is 35.1 Å². The maximum absolute atomic E-state index is 11.4. The van der Waals surface area contributed by atoms with Gasteiger partial charge in [0.15, 0.2) is 0 Å². The smallest absolute Gasteiger partial charge is 0.407 e. The van der Waals surface area contributed by atoms with Crippen molar-refractivity contribution in [1.29, 1.82) is 0 Å². The van der Waals surface area contributed by atoms with E-state index in [1.54, 1.807) is 0 Å². The molecule has 0 fully saturated rings. The zero-order valence-corrected chi connectivity index (χ0v) is 17.3. The fraction of sp³-hybridized carbons (Fsp3) is 0.400. The van der Waals surface area contributed by atoms with Gasteiger partial charge >= 0.3 is 6.09 Å². The maximum atomic E-state index is 11.4. The molecule has 0 saturated carbocycles. The molecule has 2 heterocycles. The first-order valence-electron chi connectivity index (χ1n) is 11.0. The predicted octanol–water partition coefficient (Wildman–Crippen LogP) is 4.68. The fourth-order valence-electron chi connectivity index (χ4n) is 5.05. The van der Waals surface area contributed by atoms with Crippen LogP contribution >= 0.6 is 0 Å². The van der Waals surface area contributed by atoms with Crippen LogP contribution < -0.4 is 4.74 Å². The van der Waals surface area contributed by atoms with E-state index in [2.05, 4.69) is 47.2 Å². The SMILES string of the molecule is O=C(O)N1CCc2ccc3ccn(CCOc4cccc5c4CCCC5)c3c2CC1. The number of aryl methyl sites for hydroxylation is 1. The Labute approximate surface area is 176 Å². The van der Waals surface area contributed by atoms with Crippen molar-refractivity contribution < 1.29 is 14.6 Å². The molecule has 0 unspecified atom stereocenters. The Morgan fingerprint density at radius 1 is 0.933 bits per heavy atom. The largest absolute Gasteiger partial charge is 0.491 e. The molecule has 0 spiro atoms. The summed E-state index contributed by atoms with van der Waals surface area (Å²) in [5, 5.41) is 10.6. The molecule has 1 aromatic heterocycles. The number of rotatable bonds is 4. The Hall–Kier alpha value is -2.95. The van der Waals surface area contributed by atoms with Gasteiger partial charge in [0.25, 0.3) is 0 Å².